The second-order valence-electron chi connectivity index (χ2n) is 5.49. The van der Waals surface area contributed by atoms with E-state index >= 15 is 0 Å². The van der Waals surface area contributed by atoms with Crippen LogP contribution >= 0.6 is 22.9 Å². The smallest absolute Gasteiger partial charge is 0.262 e. The molecule has 0 unspecified atom stereocenters. The number of hydrazone groups is 1. The Morgan fingerprint density at radius 1 is 1.36 bits per heavy atom. The molecule has 1 amide bonds. The molecule has 3 aromatic rings. The van der Waals surface area contributed by atoms with Crippen molar-refractivity contribution >= 4 is 45.3 Å². The second kappa shape index (κ2) is 7.16. The molecule has 2 heterocycles. The first kappa shape index (κ1) is 17.3. The number of hydrogen-bond donors (Lipinski definition) is 1. The number of benzene rings is 1. The maximum Gasteiger partial charge on any atom is 0.262 e. The van der Waals surface area contributed by atoms with Crippen molar-refractivity contribution in [3.8, 4) is 0 Å². The Labute approximate surface area is 152 Å². The fourth-order valence-electron chi connectivity index (χ4n) is 2.30. The minimum atomic E-state index is -0.405. The molecule has 0 saturated carbocycles. The zero-order valence-corrected chi connectivity index (χ0v) is 15.2. The maximum absolute atomic E-state index is 12.5. The predicted octanol–water partition coefficient (Wildman–Crippen LogP) is 2.88. The van der Waals surface area contributed by atoms with Crippen molar-refractivity contribution in [2.24, 2.45) is 5.10 Å². The van der Waals surface area contributed by atoms with Gasteiger partial charge in [0.05, 0.1) is 17.9 Å². The molecule has 0 aliphatic carbocycles. The van der Waals surface area contributed by atoms with Gasteiger partial charge in [0.25, 0.3) is 11.5 Å². The van der Waals surface area contributed by atoms with Gasteiger partial charge < -0.3 is 0 Å². The molecule has 25 heavy (non-hydrogen) atoms. The lowest BCUT2D eigenvalue weighted by atomic mass is 10.2. The highest BCUT2D eigenvalue weighted by Gasteiger charge is 2.13. The van der Waals surface area contributed by atoms with Crippen molar-refractivity contribution < 1.29 is 4.79 Å². The van der Waals surface area contributed by atoms with Crippen LogP contribution in [0.1, 0.15) is 16.0 Å². The van der Waals surface area contributed by atoms with E-state index in [0.29, 0.717) is 15.2 Å². The molecule has 2 aromatic heterocycles. The molecule has 8 heteroatoms. The van der Waals surface area contributed by atoms with E-state index in [1.165, 1.54) is 28.4 Å². The van der Waals surface area contributed by atoms with Gasteiger partial charge in [-0.2, -0.15) is 5.10 Å². The summed E-state index contributed by atoms with van der Waals surface area (Å²) in [5, 5.41) is 5.08. The largest absolute Gasteiger partial charge is 0.289 e. The number of carbonyl (C=O) groups is 1. The Hall–Kier alpha value is -2.51. The molecule has 3 rings (SSSR count). The van der Waals surface area contributed by atoms with Crippen LogP contribution < -0.4 is 11.0 Å². The summed E-state index contributed by atoms with van der Waals surface area (Å²) in [6.07, 6.45) is 2.90. The molecule has 0 aliphatic heterocycles. The Balaban J connectivity index is 1.71. The fourth-order valence-corrected chi connectivity index (χ4v) is 3.41. The van der Waals surface area contributed by atoms with E-state index in [1.54, 1.807) is 24.3 Å². The average molecular weight is 375 g/mol. The van der Waals surface area contributed by atoms with E-state index in [-0.39, 0.29) is 12.1 Å². The normalized spacial score (nSPS) is 11.3. The summed E-state index contributed by atoms with van der Waals surface area (Å²) < 4.78 is 1.29. The lowest BCUT2D eigenvalue weighted by Gasteiger charge is -2.04. The summed E-state index contributed by atoms with van der Waals surface area (Å²) in [7, 11) is 0. The van der Waals surface area contributed by atoms with Gasteiger partial charge in [0.2, 0.25) is 0 Å². The molecule has 1 N–H and O–H groups in total. The zero-order chi connectivity index (χ0) is 18.0. The molecule has 0 aliphatic rings. The zero-order valence-electron chi connectivity index (χ0n) is 13.6. The van der Waals surface area contributed by atoms with E-state index in [0.717, 1.165) is 16.0 Å². The van der Waals surface area contributed by atoms with E-state index in [2.05, 4.69) is 15.5 Å². The summed E-state index contributed by atoms with van der Waals surface area (Å²) >= 11 is 7.28. The minimum Gasteiger partial charge on any atom is -0.289 e. The summed E-state index contributed by atoms with van der Waals surface area (Å²) in [6.45, 7) is 3.69. The number of carbonyl (C=O) groups excluding carboxylic acids is 1. The summed E-state index contributed by atoms with van der Waals surface area (Å²) in [5.41, 5.74) is 3.89. The Morgan fingerprint density at radius 2 is 2.08 bits per heavy atom. The first-order valence-corrected chi connectivity index (χ1v) is 8.68. The molecule has 128 valence electrons. The van der Waals surface area contributed by atoms with Gasteiger partial charge in [-0.3, -0.25) is 14.2 Å². The van der Waals surface area contributed by atoms with Crippen LogP contribution in [-0.4, -0.2) is 21.7 Å². The van der Waals surface area contributed by atoms with Crippen LogP contribution in [0.15, 0.2) is 40.5 Å². The van der Waals surface area contributed by atoms with Gasteiger partial charge in [-0.1, -0.05) is 23.7 Å². The third kappa shape index (κ3) is 3.78. The van der Waals surface area contributed by atoms with Crippen LogP contribution in [0.25, 0.3) is 10.2 Å². The molecule has 0 bridgehead atoms. The quantitative estimate of drug-likeness (QED) is 0.563. The van der Waals surface area contributed by atoms with Crippen molar-refractivity contribution in [1.29, 1.82) is 0 Å². The lowest BCUT2D eigenvalue weighted by molar-refractivity contribution is -0.121. The molecule has 0 radical (unpaired) electrons. The maximum atomic E-state index is 12.5. The molecule has 1 aromatic carbocycles. The van der Waals surface area contributed by atoms with Crippen molar-refractivity contribution in [3.63, 3.8) is 0 Å². The highest BCUT2D eigenvalue weighted by atomic mass is 35.5. The number of halogens is 1. The molecule has 0 atom stereocenters. The van der Waals surface area contributed by atoms with Crippen molar-refractivity contribution in [3.05, 3.63) is 62.0 Å². The van der Waals surface area contributed by atoms with Gasteiger partial charge >= 0.3 is 0 Å². The van der Waals surface area contributed by atoms with E-state index in [9.17, 15) is 9.59 Å². The van der Waals surface area contributed by atoms with Crippen LogP contribution in [0.4, 0.5) is 0 Å². The highest BCUT2D eigenvalue weighted by Crippen LogP contribution is 2.25. The van der Waals surface area contributed by atoms with Gasteiger partial charge in [0.15, 0.2) is 0 Å². The van der Waals surface area contributed by atoms with Gasteiger partial charge in [-0.05, 0) is 37.1 Å². The van der Waals surface area contributed by atoms with E-state index in [1.807, 2.05) is 13.8 Å². The predicted molar refractivity (Wildman–Crippen MR) is 101 cm³/mol. The SMILES string of the molecule is Cc1sc2ncn(CC(=O)NN=Cc3ccc(Cl)cc3)c(=O)c2c1C. The molecule has 0 fully saturated rings. The monoisotopic (exact) mass is 374 g/mol. The number of nitrogens with one attached hydrogen (secondary N) is 1. The van der Waals surface area contributed by atoms with E-state index in [4.69, 9.17) is 11.6 Å². The molecular weight excluding hydrogens is 360 g/mol. The third-order valence-corrected chi connectivity index (χ3v) is 5.11. The molecule has 0 saturated heterocycles. The summed E-state index contributed by atoms with van der Waals surface area (Å²) in [5.74, 6) is -0.405. The number of thiophene rings is 1. The third-order valence-electron chi connectivity index (χ3n) is 3.74. The van der Waals surface area contributed by atoms with Crippen LogP contribution in [-0.2, 0) is 11.3 Å². The Bertz CT molecular complexity index is 1020. The standard InChI is InChI=1S/C17H15ClN4O2S/c1-10-11(2)25-16-15(10)17(24)22(9-19-16)8-14(23)21-20-7-12-3-5-13(18)6-4-12/h3-7,9H,8H2,1-2H3,(H,21,23). The van der Waals surface area contributed by atoms with Gasteiger partial charge in [0.1, 0.15) is 11.4 Å². The highest BCUT2D eigenvalue weighted by molar-refractivity contribution is 7.18. The van der Waals surface area contributed by atoms with Crippen LogP contribution in [0.5, 0.6) is 0 Å². The van der Waals surface area contributed by atoms with Gasteiger partial charge in [-0.25, -0.2) is 10.4 Å². The summed E-state index contributed by atoms with van der Waals surface area (Å²) in [4.78, 5) is 30.5. The first-order chi connectivity index (χ1) is 12.0. The van der Waals surface area contributed by atoms with E-state index < -0.39 is 5.91 Å². The minimum absolute atomic E-state index is 0.145. The van der Waals surface area contributed by atoms with Crippen molar-refractivity contribution in [1.82, 2.24) is 15.0 Å². The average Bonchev–Trinajstić information content (AvgIpc) is 2.87. The first-order valence-electron chi connectivity index (χ1n) is 7.48. The Morgan fingerprint density at radius 3 is 2.80 bits per heavy atom. The number of amides is 1. The lowest BCUT2D eigenvalue weighted by Crippen LogP contribution is -2.30. The number of aryl methyl sites for hydroxylation is 2. The molecule has 0 spiro atoms. The Kier molecular flexibility index (Phi) is 4.96. The van der Waals surface area contributed by atoms with Crippen LogP contribution in [0, 0.1) is 13.8 Å². The fraction of sp³-hybridized carbons (Fsp3) is 0.176. The van der Waals surface area contributed by atoms with Crippen molar-refractivity contribution in [2.45, 2.75) is 20.4 Å². The number of hydrogen-bond acceptors (Lipinski definition) is 5. The molecule has 6 nitrogen and oxygen atoms in total. The number of rotatable bonds is 4. The number of nitrogens with zero attached hydrogens (tertiary/aromatic N) is 3. The summed E-state index contributed by atoms with van der Waals surface area (Å²) in [6, 6.07) is 7.02. The van der Waals surface area contributed by atoms with Gasteiger partial charge in [0, 0.05) is 9.90 Å². The topological polar surface area (TPSA) is 76.3 Å². The molecular formula is C17H15ClN4O2S. The van der Waals surface area contributed by atoms with Crippen molar-refractivity contribution in [2.75, 3.05) is 0 Å². The van der Waals surface area contributed by atoms with Crippen LogP contribution in [0.2, 0.25) is 5.02 Å². The second-order valence-corrected chi connectivity index (χ2v) is 7.13. The number of aromatic nitrogens is 2. The van der Waals surface area contributed by atoms with Gasteiger partial charge in [-0.15, -0.1) is 11.3 Å². The number of fused-ring (bicyclic) bond motifs is 1. The van der Waals surface area contributed by atoms with Crippen LogP contribution in [0.3, 0.4) is 0 Å².